The topological polar surface area (TPSA) is 33.3 Å². The minimum absolute atomic E-state index is 0.766. The first-order valence-electron chi connectivity index (χ1n) is 7.60. The first kappa shape index (κ1) is 15.4. The molecule has 21 heavy (non-hydrogen) atoms. The van der Waals surface area contributed by atoms with E-state index in [0.717, 1.165) is 44.1 Å². The maximum atomic E-state index is 5.63. The molecule has 0 saturated heterocycles. The summed E-state index contributed by atoms with van der Waals surface area (Å²) in [7, 11) is 0. The lowest BCUT2D eigenvalue weighted by molar-refractivity contribution is 0.317. The summed E-state index contributed by atoms with van der Waals surface area (Å²) in [4.78, 5) is 0. The highest BCUT2D eigenvalue weighted by Gasteiger charge is 1.96. The van der Waals surface area contributed by atoms with E-state index in [-0.39, 0.29) is 0 Å². The lowest BCUT2D eigenvalue weighted by atomic mass is 10.2. The van der Waals surface area contributed by atoms with Gasteiger partial charge in [-0.1, -0.05) is 43.3 Å². The molecule has 2 N–H and O–H groups in total. The molecule has 3 heteroatoms. The number of anilines is 1. The molecular formula is C18H24N2O. The van der Waals surface area contributed by atoms with E-state index in [9.17, 15) is 0 Å². The fourth-order valence-electron chi connectivity index (χ4n) is 2.04. The van der Waals surface area contributed by atoms with Crippen molar-refractivity contribution in [3.8, 4) is 5.75 Å². The van der Waals surface area contributed by atoms with Gasteiger partial charge in [0.2, 0.25) is 0 Å². The molecule has 0 atom stereocenters. The van der Waals surface area contributed by atoms with Crippen LogP contribution in [0.1, 0.15) is 18.9 Å². The Balaban J connectivity index is 1.66. The molecule has 0 unspecified atom stereocenters. The van der Waals surface area contributed by atoms with E-state index in [1.165, 1.54) is 5.56 Å². The summed E-state index contributed by atoms with van der Waals surface area (Å²) < 4.78 is 5.63. The minimum atomic E-state index is 0.766. The fourth-order valence-corrected chi connectivity index (χ4v) is 2.04. The first-order valence-corrected chi connectivity index (χ1v) is 7.60. The molecule has 2 aromatic carbocycles. The average Bonchev–Trinajstić information content (AvgIpc) is 2.54. The van der Waals surface area contributed by atoms with Crippen LogP contribution in [0.3, 0.4) is 0 Å². The largest absolute Gasteiger partial charge is 0.494 e. The standard InChI is InChI=1S/C18H24N2O/c1-2-13-21-18-10-6-9-17(14-18)20-12-11-19-15-16-7-4-3-5-8-16/h3-10,14,19-20H,2,11-13,15H2,1H3. The van der Waals surface area contributed by atoms with Crippen LogP contribution in [0.15, 0.2) is 54.6 Å². The fraction of sp³-hybridized carbons (Fsp3) is 0.333. The second-order valence-electron chi connectivity index (χ2n) is 4.97. The second kappa shape index (κ2) is 9.03. The number of hydrogen-bond acceptors (Lipinski definition) is 3. The van der Waals surface area contributed by atoms with E-state index in [4.69, 9.17) is 4.74 Å². The van der Waals surface area contributed by atoms with Gasteiger partial charge >= 0.3 is 0 Å². The van der Waals surface area contributed by atoms with Gasteiger partial charge in [-0.15, -0.1) is 0 Å². The molecule has 0 bridgehead atoms. The van der Waals surface area contributed by atoms with Crippen LogP contribution < -0.4 is 15.4 Å². The van der Waals surface area contributed by atoms with Crippen molar-refractivity contribution in [3.05, 3.63) is 60.2 Å². The molecule has 0 saturated carbocycles. The van der Waals surface area contributed by atoms with Gasteiger partial charge in [-0.25, -0.2) is 0 Å². The normalized spacial score (nSPS) is 10.3. The Bertz CT molecular complexity index is 514. The summed E-state index contributed by atoms with van der Waals surface area (Å²) >= 11 is 0. The highest BCUT2D eigenvalue weighted by molar-refractivity contribution is 5.48. The molecule has 2 aromatic rings. The molecule has 3 nitrogen and oxygen atoms in total. The van der Waals surface area contributed by atoms with Crippen molar-refractivity contribution >= 4 is 5.69 Å². The smallest absolute Gasteiger partial charge is 0.121 e. The zero-order valence-corrected chi connectivity index (χ0v) is 12.6. The van der Waals surface area contributed by atoms with E-state index >= 15 is 0 Å². The molecule has 0 radical (unpaired) electrons. The van der Waals surface area contributed by atoms with Gasteiger partial charge in [-0.05, 0) is 24.1 Å². The SMILES string of the molecule is CCCOc1cccc(NCCNCc2ccccc2)c1. The summed E-state index contributed by atoms with van der Waals surface area (Å²) in [6, 6.07) is 18.6. The third-order valence-electron chi connectivity index (χ3n) is 3.11. The molecule has 112 valence electrons. The van der Waals surface area contributed by atoms with Gasteiger partial charge in [0.15, 0.2) is 0 Å². The van der Waals surface area contributed by atoms with Crippen molar-refractivity contribution in [3.63, 3.8) is 0 Å². The molecule has 0 aromatic heterocycles. The number of benzene rings is 2. The van der Waals surface area contributed by atoms with Crippen LogP contribution >= 0.6 is 0 Å². The average molecular weight is 284 g/mol. The molecule has 0 aliphatic rings. The van der Waals surface area contributed by atoms with E-state index in [1.807, 2.05) is 24.3 Å². The molecular weight excluding hydrogens is 260 g/mol. The van der Waals surface area contributed by atoms with Gasteiger partial charge in [0.25, 0.3) is 0 Å². The lowest BCUT2D eigenvalue weighted by Crippen LogP contribution is -2.21. The van der Waals surface area contributed by atoms with Crippen molar-refractivity contribution in [2.45, 2.75) is 19.9 Å². The zero-order chi connectivity index (χ0) is 14.8. The Kier molecular flexibility index (Phi) is 6.62. The molecule has 0 aliphatic heterocycles. The zero-order valence-electron chi connectivity index (χ0n) is 12.6. The highest BCUT2D eigenvalue weighted by Crippen LogP contribution is 2.17. The van der Waals surface area contributed by atoms with E-state index in [0.29, 0.717) is 0 Å². The third kappa shape index (κ3) is 5.88. The molecule has 0 spiro atoms. The van der Waals surface area contributed by atoms with Crippen molar-refractivity contribution in [2.24, 2.45) is 0 Å². The maximum absolute atomic E-state index is 5.63. The van der Waals surface area contributed by atoms with Gasteiger partial charge in [-0.2, -0.15) is 0 Å². The van der Waals surface area contributed by atoms with Crippen molar-refractivity contribution in [1.29, 1.82) is 0 Å². The monoisotopic (exact) mass is 284 g/mol. The number of hydrogen-bond donors (Lipinski definition) is 2. The van der Waals surface area contributed by atoms with E-state index < -0.39 is 0 Å². The maximum Gasteiger partial charge on any atom is 0.121 e. The molecule has 0 amide bonds. The first-order chi connectivity index (χ1) is 10.4. The van der Waals surface area contributed by atoms with Crippen molar-refractivity contribution < 1.29 is 4.74 Å². The Morgan fingerprint density at radius 1 is 0.952 bits per heavy atom. The summed E-state index contributed by atoms with van der Waals surface area (Å²) in [6.07, 6.45) is 1.03. The molecule has 2 rings (SSSR count). The van der Waals surface area contributed by atoms with Crippen LogP contribution in [0.5, 0.6) is 5.75 Å². The predicted molar refractivity (Wildman–Crippen MR) is 88.9 cm³/mol. The minimum Gasteiger partial charge on any atom is -0.494 e. The van der Waals surface area contributed by atoms with Crippen LogP contribution in [-0.2, 0) is 6.54 Å². The van der Waals surface area contributed by atoms with E-state index in [1.54, 1.807) is 0 Å². The lowest BCUT2D eigenvalue weighted by Gasteiger charge is -2.10. The number of ether oxygens (including phenoxy) is 1. The summed E-state index contributed by atoms with van der Waals surface area (Å²) in [5.41, 5.74) is 2.41. The van der Waals surface area contributed by atoms with Crippen molar-refractivity contribution in [2.75, 3.05) is 25.0 Å². The molecule has 0 heterocycles. The van der Waals surface area contributed by atoms with Crippen molar-refractivity contribution in [1.82, 2.24) is 5.32 Å². The quantitative estimate of drug-likeness (QED) is 0.689. The van der Waals surface area contributed by atoms with Crippen LogP contribution in [-0.4, -0.2) is 19.7 Å². The summed E-state index contributed by atoms with van der Waals surface area (Å²) in [6.45, 7) is 5.60. The predicted octanol–water partition coefficient (Wildman–Crippen LogP) is 3.68. The van der Waals surface area contributed by atoms with Gasteiger partial charge in [0, 0.05) is 31.4 Å². The summed E-state index contributed by atoms with van der Waals surface area (Å²) in [5, 5.41) is 6.83. The Hall–Kier alpha value is -2.00. The van der Waals surface area contributed by atoms with Crippen LogP contribution in [0.25, 0.3) is 0 Å². The molecule has 0 fully saturated rings. The Labute approximate surface area is 127 Å². The molecule has 0 aliphatic carbocycles. The van der Waals surface area contributed by atoms with Crippen LogP contribution in [0.4, 0.5) is 5.69 Å². The van der Waals surface area contributed by atoms with E-state index in [2.05, 4.69) is 47.9 Å². The Morgan fingerprint density at radius 2 is 1.81 bits per heavy atom. The van der Waals surface area contributed by atoms with Gasteiger partial charge in [0.1, 0.15) is 5.75 Å². The van der Waals surface area contributed by atoms with Crippen LogP contribution in [0, 0.1) is 0 Å². The number of nitrogens with one attached hydrogen (secondary N) is 2. The highest BCUT2D eigenvalue weighted by atomic mass is 16.5. The summed E-state index contributed by atoms with van der Waals surface area (Å²) in [5.74, 6) is 0.930. The Morgan fingerprint density at radius 3 is 2.62 bits per heavy atom. The number of rotatable bonds is 9. The van der Waals surface area contributed by atoms with Gasteiger partial charge < -0.3 is 15.4 Å². The van der Waals surface area contributed by atoms with Gasteiger partial charge in [-0.3, -0.25) is 0 Å². The van der Waals surface area contributed by atoms with Crippen LogP contribution in [0.2, 0.25) is 0 Å². The second-order valence-corrected chi connectivity index (χ2v) is 4.97. The third-order valence-corrected chi connectivity index (χ3v) is 3.11. The van der Waals surface area contributed by atoms with Gasteiger partial charge in [0.05, 0.1) is 6.61 Å².